The lowest BCUT2D eigenvalue weighted by atomic mass is 9.99. The minimum absolute atomic E-state index is 0.340. The van der Waals surface area contributed by atoms with Gasteiger partial charge < -0.3 is 13.9 Å². The first kappa shape index (κ1) is 18.0. The fourth-order valence-corrected chi connectivity index (χ4v) is 2.73. The van der Waals surface area contributed by atoms with Crippen LogP contribution in [0.5, 0.6) is 11.5 Å². The third kappa shape index (κ3) is 3.44. The number of carbonyl (C=O) groups is 1. The van der Waals surface area contributed by atoms with E-state index in [1.54, 1.807) is 49.6 Å². The van der Waals surface area contributed by atoms with Crippen LogP contribution in [0.15, 0.2) is 51.7 Å². The number of carbonyl (C=O) groups excluding carboxylic acids is 1. The van der Waals surface area contributed by atoms with Crippen molar-refractivity contribution in [3.05, 3.63) is 58.4 Å². The van der Waals surface area contributed by atoms with Crippen molar-refractivity contribution >= 4 is 28.5 Å². The Morgan fingerprint density at radius 2 is 1.77 bits per heavy atom. The zero-order valence-electron chi connectivity index (χ0n) is 14.5. The number of fused-ring (bicyclic) bond motifs is 1. The highest BCUT2D eigenvalue weighted by Crippen LogP contribution is 2.30. The lowest BCUT2D eigenvalue weighted by Gasteiger charge is -2.10. The fourth-order valence-electron chi connectivity index (χ4n) is 2.68. The van der Waals surface area contributed by atoms with Crippen molar-refractivity contribution in [1.82, 2.24) is 0 Å². The van der Waals surface area contributed by atoms with Gasteiger partial charge in [-0.3, -0.25) is 4.79 Å². The molecular weight excluding hydrogens is 356 g/mol. The summed E-state index contributed by atoms with van der Waals surface area (Å²) in [6.07, 6.45) is 0. The van der Waals surface area contributed by atoms with Crippen molar-refractivity contribution < 1.29 is 18.7 Å². The maximum absolute atomic E-state index is 12.5. The minimum atomic E-state index is -0.754. The lowest BCUT2D eigenvalue weighted by Crippen LogP contribution is -2.17. The molecule has 0 fully saturated rings. The summed E-state index contributed by atoms with van der Waals surface area (Å²) < 4.78 is 15.8. The Morgan fingerprint density at radius 3 is 2.38 bits per heavy atom. The molecule has 1 aromatic heterocycles. The van der Waals surface area contributed by atoms with Crippen LogP contribution in [0.2, 0.25) is 0 Å². The monoisotopic (exact) mass is 372 g/mol. The summed E-state index contributed by atoms with van der Waals surface area (Å²) in [4.78, 5) is 24.2. The normalized spacial score (nSPS) is 12.0. The Hall–Kier alpha value is -2.79. The van der Waals surface area contributed by atoms with Gasteiger partial charge in [0.2, 0.25) is 0 Å². The smallest absolute Gasteiger partial charge is 0.344 e. The van der Waals surface area contributed by atoms with Gasteiger partial charge in [-0.05, 0) is 55.3 Å². The summed E-state index contributed by atoms with van der Waals surface area (Å²) in [6.45, 7) is 3.37. The Balaban J connectivity index is 2.12. The first-order valence-electron chi connectivity index (χ1n) is 7.98. The van der Waals surface area contributed by atoms with Crippen molar-refractivity contribution in [2.75, 3.05) is 7.11 Å². The fraction of sp³-hybridized carbons (Fsp3) is 0.200. The molecule has 1 atom stereocenters. The van der Waals surface area contributed by atoms with Crippen molar-refractivity contribution in [2.24, 2.45) is 0 Å². The number of ether oxygens (including phenoxy) is 2. The molecule has 3 aromatic rings. The molecular formula is C20H17ClO5. The van der Waals surface area contributed by atoms with Gasteiger partial charge in [0, 0.05) is 5.39 Å². The van der Waals surface area contributed by atoms with Gasteiger partial charge in [0.15, 0.2) is 0 Å². The molecule has 0 saturated carbocycles. The first-order valence-corrected chi connectivity index (χ1v) is 8.42. The van der Waals surface area contributed by atoms with Gasteiger partial charge >= 0.3 is 11.6 Å². The van der Waals surface area contributed by atoms with Gasteiger partial charge in [-0.2, -0.15) is 0 Å². The van der Waals surface area contributed by atoms with E-state index in [0.717, 1.165) is 11.1 Å². The molecule has 0 aliphatic carbocycles. The van der Waals surface area contributed by atoms with Crippen LogP contribution in [0.3, 0.4) is 0 Å². The highest BCUT2D eigenvalue weighted by Gasteiger charge is 2.16. The summed E-state index contributed by atoms with van der Waals surface area (Å²) in [6, 6.07) is 12.0. The van der Waals surface area contributed by atoms with Crippen LogP contribution >= 0.6 is 11.6 Å². The van der Waals surface area contributed by atoms with Crippen LogP contribution < -0.4 is 15.1 Å². The second kappa shape index (κ2) is 7.22. The summed E-state index contributed by atoms with van der Waals surface area (Å²) in [5.74, 6) is 0.491. The van der Waals surface area contributed by atoms with E-state index in [9.17, 15) is 9.59 Å². The highest BCUT2D eigenvalue weighted by atomic mass is 35.5. The maximum Gasteiger partial charge on any atom is 0.344 e. The number of rotatable bonds is 4. The van der Waals surface area contributed by atoms with E-state index in [1.807, 2.05) is 6.92 Å². The molecule has 5 nitrogen and oxygen atoms in total. The molecule has 0 aliphatic heterocycles. The maximum atomic E-state index is 12.5. The number of alkyl halides is 1. The van der Waals surface area contributed by atoms with E-state index in [-0.39, 0.29) is 0 Å². The molecule has 0 amide bonds. The summed E-state index contributed by atoms with van der Waals surface area (Å²) in [5, 5.41) is -0.0710. The third-order valence-electron chi connectivity index (χ3n) is 4.06. The number of methoxy groups -OCH3 is 1. The topological polar surface area (TPSA) is 65.7 Å². The van der Waals surface area contributed by atoms with Crippen molar-refractivity contribution in [1.29, 1.82) is 0 Å². The number of halogens is 1. The third-order valence-corrected chi connectivity index (χ3v) is 4.24. The molecule has 3 rings (SSSR count). The number of hydrogen-bond acceptors (Lipinski definition) is 5. The molecule has 2 aromatic carbocycles. The molecule has 0 aliphatic rings. The quantitative estimate of drug-likeness (QED) is 0.295. The molecule has 0 N–H and O–H groups in total. The second-order valence-corrected chi connectivity index (χ2v) is 6.47. The van der Waals surface area contributed by atoms with E-state index >= 15 is 0 Å². The number of aryl methyl sites for hydroxylation is 1. The van der Waals surface area contributed by atoms with Gasteiger partial charge in [0.1, 0.15) is 22.5 Å². The van der Waals surface area contributed by atoms with Crippen molar-refractivity contribution in [3.8, 4) is 22.6 Å². The van der Waals surface area contributed by atoms with E-state index in [1.165, 1.54) is 6.92 Å². The van der Waals surface area contributed by atoms with Gasteiger partial charge in [0.05, 0.1) is 12.7 Å². The molecule has 1 heterocycles. The predicted octanol–water partition coefficient (Wildman–Crippen LogP) is 4.31. The molecule has 1 unspecified atom stereocenters. The molecule has 0 radical (unpaired) electrons. The minimum Gasteiger partial charge on any atom is -0.497 e. The molecule has 134 valence electrons. The van der Waals surface area contributed by atoms with E-state index in [0.29, 0.717) is 28.0 Å². The van der Waals surface area contributed by atoms with E-state index < -0.39 is 17.0 Å². The van der Waals surface area contributed by atoms with Gasteiger partial charge in [0.25, 0.3) is 0 Å². The van der Waals surface area contributed by atoms with Gasteiger partial charge in [-0.15, -0.1) is 11.6 Å². The number of benzene rings is 2. The number of hydrogen-bond donors (Lipinski definition) is 0. The summed E-state index contributed by atoms with van der Waals surface area (Å²) in [7, 11) is 1.58. The average Bonchev–Trinajstić information content (AvgIpc) is 2.62. The molecule has 0 bridgehead atoms. The average molecular weight is 373 g/mol. The van der Waals surface area contributed by atoms with Crippen LogP contribution in [0, 0.1) is 6.92 Å². The van der Waals surface area contributed by atoms with Crippen LogP contribution in [0.4, 0.5) is 0 Å². The molecule has 6 heteroatoms. The zero-order valence-corrected chi connectivity index (χ0v) is 15.3. The standard InChI is InChI=1S/C20H17ClO5/c1-11-16-10-15(25-19(22)12(2)21)8-9-17(16)26-20(23)18(11)13-4-6-14(24-3)7-5-13/h4-10,12H,1-3H3. The van der Waals surface area contributed by atoms with Gasteiger partial charge in [-0.25, -0.2) is 4.79 Å². The van der Waals surface area contributed by atoms with Crippen LogP contribution in [0.25, 0.3) is 22.1 Å². The van der Waals surface area contributed by atoms with Crippen LogP contribution in [-0.2, 0) is 4.79 Å². The van der Waals surface area contributed by atoms with E-state index in [2.05, 4.69) is 0 Å². The number of esters is 1. The summed E-state index contributed by atoms with van der Waals surface area (Å²) in [5.41, 5.74) is 1.89. The van der Waals surface area contributed by atoms with Gasteiger partial charge in [-0.1, -0.05) is 12.1 Å². The molecule has 26 heavy (non-hydrogen) atoms. The predicted molar refractivity (Wildman–Crippen MR) is 100 cm³/mol. The lowest BCUT2D eigenvalue weighted by molar-refractivity contribution is -0.133. The van der Waals surface area contributed by atoms with Crippen LogP contribution in [-0.4, -0.2) is 18.5 Å². The Morgan fingerprint density at radius 1 is 1.12 bits per heavy atom. The van der Waals surface area contributed by atoms with E-state index in [4.69, 9.17) is 25.5 Å². The molecule has 0 saturated heterocycles. The first-order chi connectivity index (χ1) is 12.4. The Bertz CT molecular complexity index is 1020. The largest absolute Gasteiger partial charge is 0.497 e. The van der Waals surface area contributed by atoms with Crippen molar-refractivity contribution in [2.45, 2.75) is 19.2 Å². The van der Waals surface area contributed by atoms with Crippen molar-refractivity contribution in [3.63, 3.8) is 0 Å². The Kier molecular flexibility index (Phi) is 5.00. The summed E-state index contributed by atoms with van der Waals surface area (Å²) >= 11 is 5.73. The second-order valence-electron chi connectivity index (χ2n) is 5.81. The van der Waals surface area contributed by atoms with Crippen LogP contribution in [0.1, 0.15) is 12.5 Å². The molecule has 0 spiro atoms. The highest BCUT2D eigenvalue weighted by molar-refractivity contribution is 6.29. The SMILES string of the molecule is COc1ccc(-c2c(C)c3cc(OC(=O)C(C)Cl)ccc3oc2=O)cc1. The Labute approximate surface area is 155 Å². The zero-order chi connectivity index (χ0) is 18.8.